The molecule has 0 aliphatic carbocycles. The van der Waals surface area contributed by atoms with Gasteiger partial charge in [-0.05, 0) is 45.0 Å². The molecule has 1 fully saturated rings. The van der Waals surface area contributed by atoms with Gasteiger partial charge in [0.1, 0.15) is 0 Å². The third-order valence-electron chi connectivity index (χ3n) is 3.44. The van der Waals surface area contributed by atoms with E-state index in [-0.39, 0.29) is 24.2 Å². The summed E-state index contributed by atoms with van der Waals surface area (Å²) in [5, 5.41) is 3.29. The van der Waals surface area contributed by atoms with Crippen molar-refractivity contribution in [2.24, 2.45) is 5.92 Å². The van der Waals surface area contributed by atoms with Crippen LogP contribution in [0.2, 0.25) is 0 Å². The van der Waals surface area contributed by atoms with Crippen molar-refractivity contribution in [3.63, 3.8) is 0 Å². The fourth-order valence-corrected chi connectivity index (χ4v) is 2.24. The van der Waals surface area contributed by atoms with Gasteiger partial charge in [0.25, 0.3) is 0 Å². The molecule has 1 saturated heterocycles. The minimum absolute atomic E-state index is 0. The van der Waals surface area contributed by atoms with Crippen molar-refractivity contribution in [1.82, 2.24) is 5.32 Å². The Hall–Kier alpha value is -1.06. The lowest BCUT2D eigenvalue weighted by atomic mass is 9.96. The Morgan fingerprint density at radius 2 is 1.78 bits per heavy atom. The van der Waals surface area contributed by atoms with Crippen LogP contribution in [0.15, 0.2) is 24.3 Å². The second-order valence-corrected chi connectivity index (χ2v) is 4.76. The quantitative estimate of drug-likeness (QED) is 0.893. The Kier molecular flexibility index (Phi) is 5.63. The molecule has 1 heterocycles. The van der Waals surface area contributed by atoms with E-state index in [0.717, 1.165) is 31.6 Å². The third-order valence-corrected chi connectivity index (χ3v) is 3.44. The molecule has 100 valence electrons. The number of halogens is 1. The van der Waals surface area contributed by atoms with Crippen molar-refractivity contribution in [3.05, 3.63) is 29.8 Å². The van der Waals surface area contributed by atoms with Crippen molar-refractivity contribution in [3.8, 4) is 0 Å². The molecule has 0 unspecified atom stereocenters. The molecule has 1 aliphatic heterocycles. The van der Waals surface area contributed by atoms with E-state index in [9.17, 15) is 4.79 Å². The first-order valence-corrected chi connectivity index (χ1v) is 6.23. The van der Waals surface area contributed by atoms with Crippen LogP contribution in [0.4, 0.5) is 5.69 Å². The SMILES string of the molecule is Cc1ccc(N(C)C(=O)C2CCNCC2)cc1.Cl. The predicted octanol–water partition coefficient (Wildman–Crippen LogP) is 2.38. The van der Waals surface area contributed by atoms with Gasteiger partial charge in [0.15, 0.2) is 0 Å². The molecular weight excluding hydrogens is 248 g/mol. The van der Waals surface area contributed by atoms with E-state index >= 15 is 0 Å². The van der Waals surface area contributed by atoms with Crippen LogP contribution in [0.1, 0.15) is 18.4 Å². The average molecular weight is 269 g/mol. The van der Waals surface area contributed by atoms with Gasteiger partial charge in [0.2, 0.25) is 5.91 Å². The molecule has 0 bridgehead atoms. The lowest BCUT2D eigenvalue weighted by molar-refractivity contribution is -0.122. The number of amides is 1. The first-order chi connectivity index (χ1) is 8.18. The molecule has 1 aromatic carbocycles. The van der Waals surface area contributed by atoms with Crippen molar-refractivity contribution in [1.29, 1.82) is 0 Å². The summed E-state index contributed by atoms with van der Waals surface area (Å²) in [5.74, 6) is 0.429. The van der Waals surface area contributed by atoms with Gasteiger partial charge in [-0.25, -0.2) is 0 Å². The third kappa shape index (κ3) is 3.47. The van der Waals surface area contributed by atoms with Gasteiger partial charge >= 0.3 is 0 Å². The first kappa shape index (κ1) is 15.0. The molecule has 1 aromatic rings. The number of benzene rings is 1. The summed E-state index contributed by atoms with van der Waals surface area (Å²) in [6, 6.07) is 8.10. The van der Waals surface area contributed by atoms with E-state index in [1.807, 2.05) is 31.3 Å². The number of carbonyl (C=O) groups excluding carboxylic acids is 1. The highest BCUT2D eigenvalue weighted by atomic mass is 35.5. The number of aryl methyl sites for hydroxylation is 1. The Labute approximate surface area is 115 Å². The zero-order valence-corrected chi connectivity index (χ0v) is 11.8. The molecule has 1 amide bonds. The number of nitrogens with zero attached hydrogens (tertiary/aromatic N) is 1. The summed E-state index contributed by atoms with van der Waals surface area (Å²) >= 11 is 0. The van der Waals surface area contributed by atoms with Crippen molar-refractivity contribution < 1.29 is 4.79 Å². The Morgan fingerprint density at radius 3 is 2.33 bits per heavy atom. The van der Waals surface area contributed by atoms with E-state index in [0.29, 0.717) is 0 Å². The van der Waals surface area contributed by atoms with Crippen LogP contribution in [0, 0.1) is 12.8 Å². The maximum absolute atomic E-state index is 12.3. The fourth-order valence-electron chi connectivity index (χ4n) is 2.24. The van der Waals surface area contributed by atoms with Gasteiger partial charge in [0, 0.05) is 18.7 Å². The van der Waals surface area contributed by atoms with Gasteiger partial charge < -0.3 is 10.2 Å². The normalized spacial score (nSPS) is 15.9. The van der Waals surface area contributed by atoms with Crippen LogP contribution in [-0.2, 0) is 4.79 Å². The molecule has 0 saturated carbocycles. The molecule has 1 aliphatic rings. The maximum Gasteiger partial charge on any atom is 0.229 e. The lowest BCUT2D eigenvalue weighted by Crippen LogP contribution is -2.39. The zero-order chi connectivity index (χ0) is 12.3. The molecule has 0 aromatic heterocycles. The van der Waals surface area contributed by atoms with Gasteiger partial charge in [-0.1, -0.05) is 17.7 Å². The van der Waals surface area contributed by atoms with Crippen molar-refractivity contribution in [2.75, 3.05) is 25.0 Å². The van der Waals surface area contributed by atoms with Crippen molar-refractivity contribution in [2.45, 2.75) is 19.8 Å². The van der Waals surface area contributed by atoms with Crippen LogP contribution in [0.25, 0.3) is 0 Å². The highest BCUT2D eigenvalue weighted by Crippen LogP contribution is 2.20. The molecule has 0 spiro atoms. The van der Waals surface area contributed by atoms with Crippen LogP contribution in [0.3, 0.4) is 0 Å². The Bertz CT molecular complexity index is 385. The molecule has 18 heavy (non-hydrogen) atoms. The largest absolute Gasteiger partial charge is 0.317 e. The van der Waals surface area contributed by atoms with Crippen LogP contribution in [0.5, 0.6) is 0 Å². The van der Waals surface area contributed by atoms with E-state index in [1.54, 1.807) is 4.90 Å². The molecule has 0 atom stereocenters. The van der Waals surface area contributed by atoms with Gasteiger partial charge in [-0.3, -0.25) is 4.79 Å². The molecule has 3 nitrogen and oxygen atoms in total. The Balaban J connectivity index is 0.00000162. The minimum atomic E-state index is 0. The summed E-state index contributed by atoms with van der Waals surface area (Å²) < 4.78 is 0. The maximum atomic E-state index is 12.3. The van der Waals surface area contributed by atoms with Crippen LogP contribution >= 0.6 is 12.4 Å². The second-order valence-electron chi connectivity index (χ2n) is 4.76. The summed E-state index contributed by atoms with van der Waals surface area (Å²) in [6.45, 7) is 3.97. The first-order valence-electron chi connectivity index (χ1n) is 6.23. The number of hydrogen-bond acceptors (Lipinski definition) is 2. The molecule has 4 heteroatoms. The number of hydrogen-bond donors (Lipinski definition) is 1. The molecular formula is C14H21ClN2O. The summed E-state index contributed by atoms with van der Waals surface area (Å²) in [7, 11) is 1.87. The number of anilines is 1. The van der Waals surface area contributed by atoms with E-state index in [2.05, 4.69) is 12.2 Å². The topological polar surface area (TPSA) is 32.3 Å². The predicted molar refractivity (Wildman–Crippen MR) is 77.4 cm³/mol. The second kappa shape index (κ2) is 6.76. The highest BCUT2D eigenvalue weighted by molar-refractivity contribution is 5.94. The standard InChI is InChI=1S/C14H20N2O.ClH/c1-11-3-5-13(6-4-11)16(2)14(17)12-7-9-15-10-8-12;/h3-6,12,15H,7-10H2,1-2H3;1H. The minimum Gasteiger partial charge on any atom is -0.317 e. The molecule has 0 radical (unpaired) electrons. The van der Waals surface area contributed by atoms with Crippen molar-refractivity contribution >= 4 is 24.0 Å². The Morgan fingerprint density at radius 1 is 1.22 bits per heavy atom. The highest BCUT2D eigenvalue weighted by Gasteiger charge is 2.24. The monoisotopic (exact) mass is 268 g/mol. The number of nitrogens with one attached hydrogen (secondary N) is 1. The van der Waals surface area contributed by atoms with Gasteiger partial charge in [-0.15, -0.1) is 12.4 Å². The zero-order valence-electron chi connectivity index (χ0n) is 11.0. The molecule has 1 N–H and O–H groups in total. The number of carbonyl (C=O) groups is 1. The van der Waals surface area contributed by atoms with E-state index in [4.69, 9.17) is 0 Å². The summed E-state index contributed by atoms with van der Waals surface area (Å²) in [4.78, 5) is 14.1. The van der Waals surface area contributed by atoms with Gasteiger partial charge in [0.05, 0.1) is 0 Å². The summed E-state index contributed by atoms with van der Waals surface area (Å²) in [6.07, 6.45) is 1.91. The number of piperidine rings is 1. The lowest BCUT2D eigenvalue weighted by Gasteiger charge is -2.27. The average Bonchev–Trinajstić information content (AvgIpc) is 2.39. The van der Waals surface area contributed by atoms with E-state index < -0.39 is 0 Å². The van der Waals surface area contributed by atoms with E-state index in [1.165, 1.54) is 5.56 Å². The fraction of sp³-hybridized carbons (Fsp3) is 0.500. The summed E-state index contributed by atoms with van der Waals surface area (Å²) in [5.41, 5.74) is 2.20. The molecule has 2 rings (SSSR count). The van der Waals surface area contributed by atoms with Crippen LogP contribution < -0.4 is 10.2 Å². The number of rotatable bonds is 2. The van der Waals surface area contributed by atoms with Crippen LogP contribution in [-0.4, -0.2) is 26.0 Å². The smallest absolute Gasteiger partial charge is 0.229 e. The van der Waals surface area contributed by atoms with Gasteiger partial charge in [-0.2, -0.15) is 0 Å².